The number of hydrogen-bond acceptors (Lipinski definition) is 5. The van der Waals surface area contributed by atoms with Crippen LogP contribution in [0.3, 0.4) is 0 Å². The zero-order valence-electron chi connectivity index (χ0n) is 12.1. The Hall–Kier alpha value is -2.63. The van der Waals surface area contributed by atoms with Crippen LogP contribution in [-0.2, 0) is 6.42 Å². The van der Waals surface area contributed by atoms with Crippen molar-refractivity contribution < 1.29 is 9.53 Å². The molecule has 2 rings (SSSR count). The molecule has 2 aromatic rings. The Labute approximate surface area is 123 Å². The summed E-state index contributed by atoms with van der Waals surface area (Å²) in [5, 5.41) is 13.5. The largest absolute Gasteiger partial charge is 0.496 e. The lowest BCUT2D eigenvalue weighted by Crippen LogP contribution is -2.20. The maximum absolute atomic E-state index is 11.3. The van der Waals surface area contributed by atoms with Crippen molar-refractivity contribution in [2.45, 2.75) is 6.42 Å². The SMILES string of the molecule is CNC(=O)c1ccc(NCCc2ccccc2OC)nn1. The normalized spacial score (nSPS) is 10.0. The Bertz CT molecular complexity index is 599. The average molecular weight is 286 g/mol. The average Bonchev–Trinajstić information content (AvgIpc) is 2.55. The lowest BCUT2D eigenvalue weighted by molar-refractivity contribution is 0.0957. The predicted molar refractivity (Wildman–Crippen MR) is 80.6 cm³/mol. The fourth-order valence-electron chi connectivity index (χ4n) is 1.91. The van der Waals surface area contributed by atoms with E-state index < -0.39 is 0 Å². The van der Waals surface area contributed by atoms with E-state index in [1.807, 2.05) is 24.3 Å². The number of nitrogens with zero attached hydrogens (tertiary/aromatic N) is 2. The van der Waals surface area contributed by atoms with E-state index in [4.69, 9.17) is 4.74 Å². The van der Waals surface area contributed by atoms with Gasteiger partial charge in [-0.15, -0.1) is 10.2 Å². The fourth-order valence-corrected chi connectivity index (χ4v) is 1.91. The minimum Gasteiger partial charge on any atom is -0.496 e. The number of methoxy groups -OCH3 is 1. The number of nitrogens with one attached hydrogen (secondary N) is 2. The van der Waals surface area contributed by atoms with Crippen LogP contribution < -0.4 is 15.4 Å². The zero-order valence-corrected chi connectivity index (χ0v) is 12.1. The summed E-state index contributed by atoms with van der Waals surface area (Å²) in [6, 6.07) is 11.3. The highest BCUT2D eigenvalue weighted by Crippen LogP contribution is 2.17. The Morgan fingerprint density at radius 2 is 2.00 bits per heavy atom. The summed E-state index contributed by atoms with van der Waals surface area (Å²) in [4.78, 5) is 11.3. The van der Waals surface area contributed by atoms with Crippen molar-refractivity contribution in [3.05, 3.63) is 47.7 Å². The molecular weight excluding hydrogens is 268 g/mol. The van der Waals surface area contributed by atoms with Gasteiger partial charge in [-0.3, -0.25) is 4.79 Å². The van der Waals surface area contributed by atoms with Gasteiger partial charge in [-0.1, -0.05) is 18.2 Å². The molecule has 6 heteroatoms. The van der Waals surface area contributed by atoms with Crippen LogP contribution in [0.1, 0.15) is 16.1 Å². The van der Waals surface area contributed by atoms with Crippen molar-refractivity contribution >= 4 is 11.7 Å². The lowest BCUT2D eigenvalue weighted by atomic mass is 10.1. The summed E-state index contributed by atoms with van der Waals surface area (Å²) < 4.78 is 5.30. The molecule has 0 saturated carbocycles. The van der Waals surface area contributed by atoms with Gasteiger partial charge in [0.15, 0.2) is 5.69 Å². The van der Waals surface area contributed by atoms with Crippen molar-refractivity contribution in [3.8, 4) is 5.75 Å². The van der Waals surface area contributed by atoms with E-state index in [0.717, 1.165) is 17.7 Å². The number of anilines is 1. The molecule has 0 radical (unpaired) electrons. The van der Waals surface area contributed by atoms with Crippen LogP contribution >= 0.6 is 0 Å². The fraction of sp³-hybridized carbons (Fsp3) is 0.267. The number of aromatic nitrogens is 2. The maximum Gasteiger partial charge on any atom is 0.271 e. The van der Waals surface area contributed by atoms with Crippen molar-refractivity contribution in [1.29, 1.82) is 0 Å². The van der Waals surface area contributed by atoms with Gasteiger partial charge in [-0.05, 0) is 30.2 Å². The quantitative estimate of drug-likeness (QED) is 0.841. The van der Waals surface area contributed by atoms with Crippen molar-refractivity contribution in [3.63, 3.8) is 0 Å². The molecule has 110 valence electrons. The highest BCUT2D eigenvalue weighted by atomic mass is 16.5. The number of hydrogen-bond donors (Lipinski definition) is 2. The molecule has 0 aliphatic heterocycles. The van der Waals surface area contributed by atoms with Crippen LogP contribution in [0.15, 0.2) is 36.4 Å². The lowest BCUT2D eigenvalue weighted by Gasteiger charge is -2.09. The summed E-state index contributed by atoms with van der Waals surface area (Å²) in [5.41, 5.74) is 1.43. The molecule has 1 aromatic carbocycles. The first-order chi connectivity index (χ1) is 10.2. The van der Waals surface area contributed by atoms with Gasteiger partial charge in [0, 0.05) is 13.6 Å². The number of carbonyl (C=O) groups is 1. The first-order valence-electron chi connectivity index (χ1n) is 6.66. The van der Waals surface area contributed by atoms with Gasteiger partial charge in [0.05, 0.1) is 7.11 Å². The van der Waals surface area contributed by atoms with Crippen molar-refractivity contribution in [2.24, 2.45) is 0 Å². The summed E-state index contributed by atoms with van der Waals surface area (Å²) in [5.74, 6) is 1.26. The van der Waals surface area contributed by atoms with E-state index in [-0.39, 0.29) is 5.91 Å². The third-order valence-electron chi connectivity index (χ3n) is 3.02. The minimum atomic E-state index is -0.247. The molecule has 1 heterocycles. The standard InChI is InChI=1S/C15H18N4O2/c1-16-15(20)12-7-8-14(19-18-12)17-10-9-11-5-3-4-6-13(11)21-2/h3-8H,9-10H2,1-2H3,(H,16,20)(H,17,19). The van der Waals surface area contributed by atoms with E-state index in [1.54, 1.807) is 26.3 Å². The Kier molecular flexibility index (Phi) is 5.09. The van der Waals surface area contributed by atoms with Gasteiger partial charge in [-0.2, -0.15) is 0 Å². The second kappa shape index (κ2) is 7.23. The third-order valence-corrected chi connectivity index (χ3v) is 3.02. The molecule has 0 unspecified atom stereocenters. The van der Waals surface area contributed by atoms with Gasteiger partial charge in [-0.25, -0.2) is 0 Å². The predicted octanol–water partition coefficient (Wildman–Crippen LogP) is 1.50. The highest BCUT2D eigenvalue weighted by Gasteiger charge is 2.05. The first kappa shape index (κ1) is 14.8. The van der Waals surface area contributed by atoms with Crippen LogP contribution in [0.5, 0.6) is 5.75 Å². The van der Waals surface area contributed by atoms with E-state index in [2.05, 4.69) is 20.8 Å². The van der Waals surface area contributed by atoms with Gasteiger partial charge in [0.1, 0.15) is 11.6 Å². The summed E-state index contributed by atoms with van der Waals surface area (Å²) in [7, 11) is 3.22. The van der Waals surface area contributed by atoms with E-state index >= 15 is 0 Å². The van der Waals surface area contributed by atoms with Crippen molar-refractivity contribution in [1.82, 2.24) is 15.5 Å². The molecule has 1 aromatic heterocycles. The van der Waals surface area contributed by atoms with Crippen LogP contribution in [-0.4, -0.2) is 36.8 Å². The smallest absolute Gasteiger partial charge is 0.271 e. The number of ether oxygens (including phenoxy) is 1. The minimum absolute atomic E-state index is 0.247. The maximum atomic E-state index is 11.3. The molecule has 21 heavy (non-hydrogen) atoms. The monoisotopic (exact) mass is 286 g/mol. The summed E-state index contributed by atoms with van der Waals surface area (Å²) in [6.45, 7) is 0.703. The molecule has 2 N–H and O–H groups in total. The molecule has 0 fully saturated rings. The Balaban J connectivity index is 1.90. The number of amides is 1. The number of carbonyl (C=O) groups excluding carboxylic acids is 1. The van der Waals surface area contributed by atoms with Crippen LogP contribution in [0.4, 0.5) is 5.82 Å². The molecule has 0 aliphatic rings. The Morgan fingerprint density at radius 3 is 2.67 bits per heavy atom. The van der Waals surface area contributed by atoms with Gasteiger partial charge in [0.2, 0.25) is 0 Å². The second-order valence-corrected chi connectivity index (χ2v) is 4.37. The first-order valence-corrected chi connectivity index (χ1v) is 6.66. The van der Waals surface area contributed by atoms with E-state index in [0.29, 0.717) is 18.1 Å². The zero-order chi connectivity index (χ0) is 15.1. The molecule has 0 atom stereocenters. The number of benzene rings is 1. The van der Waals surface area contributed by atoms with E-state index in [1.165, 1.54) is 0 Å². The molecule has 1 amide bonds. The van der Waals surface area contributed by atoms with Gasteiger partial charge in [0.25, 0.3) is 5.91 Å². The van der Waals surface area contributed by atoms with Crippen LogP contribution in [0.2, 0.25) is 0 Å². The van der Waals surface area contributed by atoms with Crippen LogP contribution in [0, 0.1) is 0 Å². The third kappa shape index (κ3) is 3.92. The summed E-state index contributed by atoms with van der Waals surface area (Å²) in [6.07, 6.45) is 0.808. The molecule has 0 saturated heterocycles. The number of rotatable bonds is 6. The van der Waals surface area contributed by atoms with E-state index in [9.17, 15) is 4.79 Å². The van der Waals surface area contributed by atoms with Gasteiger partial charge < -0.3 is 15.4 Å². The molecular formula is C15H18N4O2. The molecule has 0 aliphatic carbocycles. The summed E-state index contributed by atoms with van der Waals surface area (Å²) >= 11 is 0. The topological polar surface area (TPSA) is 76.1 Å². The Morgan fingerprint density at radius 1 is 1.19 bits per heavy atom. The van der Waals surface area contributed by atoms with Gasteiger partial charge >= 0.3 is 0 Å². The highest BCUT2D eigenvalue weighted by molar-refractivity contribution is 5.91. The molecule has 6 nitrogen and oxygen atoms in total. The number of para-hydroxylation sites is 1. The molecule has 0 spiro atoms. The second-order valence-electron chi connectivity index (χ2n) is 4.37. The van der Waals surface area contributed by atoms with Crippen molar-refractivity contribution in [2.75, 3.05) is 26.0 Å². The van der Waals surface area contributed by atoms with Crippen LogP contribution in [0.25, 0.3) is 0 Å². The molecule has 0 bridgehead atoms.